The maximum absolute atomic E-state index is 11.3. The molecule has 0 saturated carbocycles. The van der Waals surface area contributed by atoms with Crippen molar-refractivity contribution in [3.63, 3.8) is 0 Å². The molecule has 3 N–H and O–H groups in total. The Morgan fingerprint density at radius 1 is 1.41 bits per heavy atom. The SMILES string of the molecule is CCOC(C)(C)CCOC(=O)C(N)CC(=O)O. The summed E-state index contributed by atoms with van der Waals surface area (Å²) in [5.74, 6) is -1.82. The van der Waals surface area contributed by atoms with Crippen LogP contribution < -0.4 is 5.73 Å². The molecule has 0 aliphatic heterocycles. The standard InChI is InChI=1S/C11H21NO5/c1-4-17-11(2,3)5-6-16-10(15)8(12)7-9(13)14/h8H,4-7,12H2,1-3H3,(H,13,14). The second-order valence-corrected chi connectivity index (χ2v) is 4.31. The highest BCUT2D eigenvalue weighted by Gasteiger charge is 2.21. The molecule has 0 aromatic rings. The monoisotopic (exact) mass is 247 g/mol. The average molecular weight is 247 g/mol. The van der Waals surface area contributed by atoms with Crippen LogP contribution in [0.2, 0.25) is 0 Å². The maximum atomic E-state index is 11.3. The highest BCUT2D eigenvalue weighted by atomic mass is 16.5. The molecule has 0 aromatic heterocycles. The van der Waals surface area contributed by atoms with Gasteiger partial charge in [-0.2, -0.15) is 0 Å². The Kier molecular flexibility index (Phi) is 6.75. The van der Waals surface area contributed by atoms with E-state index in [2.05, 4.69) is 0 Å². The third kappa shape index (κ3) is 7.70. The van der Waals surface area contributed by atoms with Crippen LogP contribution in [0, 0.1) is 0 Å². The van der Waals surface area contributed by atoms with Crippen LogP contribution in [0.25, 0.3) is 0 Å². The molecule has 0 aliphatic carbocycles. The van der Waals surface area contributed by atoms with Gasteiger partial charge in [0.25, 0.3) is 0 Å². The van der Waals surface area contributed by atoms with Gasteiger partial charge < -0.3 is 20.3 Å². The molecule has 0 spiro atoms. The Labute approximate surface area is 101 Å². The van der Waals surface area contributed by atoms with Crippen molar-refractivity contribution in [1.82, 2.24) is 0 Å². The van der Waals surface area contributed by atoms with Crippen LogP contribution in [0.4, 0.5) is 0 Å². The largest absolute Gasteiger partial charge is 0.481 e. The molecule has 1 unspecified atom stereocenters. The molecule has 0 aliphatic rings. The molecule has 0 radical (unpaired) electrons. The minimum Gasteiger partial charge on any atom is -0.481 e. The van der Waals surface area contributed by atoms with Crippen LogP contribution in [0.5, 0.6) is 0 Å². The fraction of sp³-hybridized carbons (Fsp3) is 0.818. The first-order valence-corrected chi connectivity index (χ1v) is 5.56. The molecule has 0 amide bonds. The summed E-state index contributed by atoms with van der Waals surface area (Å²) in [6.45, 7) is 6.41. The molecule has 0 saturated heterocycles. The van der Waals surface area contributed by atoms with E-state index >= 15 is 0 Å². The number of hydrogen-bond acceptors (Lipinski definition) is 5. The lowest BCUT2D eigenvalue weighted by atomic mass is 10.1. The van der Waals surface area contributed by atoms with E-state index in [-0.39, 0.29) is 12.2 Å². The molecule has 0 bridgehead atoms. The molecule has 6 nitrogen and oxygen atoms in total. The summed E-state index contributed by atoms with van der Waals surface area (Å²) in [4.78, 5) is 21.6. The summed E-state index contributed by atoms with van der Waals surface area (Å²) in [5.41, 5.74) is 4.97. The van der Waals surface area contributed by atoms with Crippen molar-refractivity contribution in [3.8, 4) is 0 Å². The van der Waals surface area contributed by atoms with Gasteiger partial charge in [-0.3, -0.25) is 9.59 Å². The van der Waals surface area contributed by atoms with Gasteiger partial charge in [0, 0.05) is 13.0 Å². The van der Waals surface area contributed by atoms with Gasteiger partial charge in [0.2, 0.25) is 0 Å². The number of ether oxygens (including phenoxy) is 2. The van der Waals surface area contributed by atoms with E-state index < -0.39 is 24.4 Å². The number of aliphatic carboxylic acids is 1. The quantitative estimate of drug-likeness (QED) is 0.607. The summed E-state index contributed by atoms with van der Waals surface area (Å²) in [6, 6.07) is -1.11. The molecule has 100 valence electrons. The summed E-state index contributed by atoms with van der Waals surface area (Å²) < 4.78 is 10.3. The lowest BCUT2D eigenvalue weighted by Crippen LogP contribution is -2.35. The number of carboxylic acids is 1. The molecule has 0 fully saturated rings. The minimum atomic E-state index is -1.12. The predicted octanol–water partition coefficient (Wildman–Crippen LogP) is 0.537. The number of hydrogen-bond donors (Lipinski definition) is 2. The van der Waals surface area contributed by atoms with Crippen molar-refractivity contribution in [1.29, 1.82) is 0 Å². The van der Waals surface area contributed by atoms with E-state index in [4.69, 9.17) is 20.3 Å². The maximum Gasteiger partial charge on any atom is 0.323 e. The summed E-state index contributed by atoms with van der Waals surface area (Å²) in [7, 11) is 0. The molecule has 0 heterocycles. The van der Waals surface area contributed by atoms with Crippen molar-refractivity contribution in [2.75, 3.05) is 13.2 Å². The highest BCUT2D eigenvalue weighted by Crippen LogP contribution is 2.14. The van der Waals surface area contributed by atoms with Crippen LogP contribution in [0.1, 0.15) is 33.6 Å². The summed E-state index contributed by atoms with van der Waals surface area (Å²) in [6.07, 6.45) is 0.111. The van der Waals surface area contributed by atoms with Crippen LogP contribution in [-0.4, -0.2) is 41.9 Å². The molecular weight excluding hydrogens is 226 g/mol. The first kappa shape index (κ1) is 15.9. The third-order valence-electron chi connectivity index (χ3n) is 2.18. The van der Waals surface area contributed by atoms with Crippen LogP contribution in [0.15, 0.2) is 0 Å². The van der Waals surface area contributed by atoms with Crippen molar-refractivity contribution in [3.05, 3.63) is 0 Å². The van der Waals surface area contributed by atoms with Crippen LogP contribution in [-0.2, 0) is 19.1 Å². The second-order valence-electron chi connectivity index (χ2n) is 4.31. The molecule has 1 atom stereocenters. The van der Waals surface area contributed by atoms with Crippen molar-refractivity contribution in [2.45, 2.75) is 45.3 Å². The number of nitrogens with two attached hydrogens (primary N) is 1. The lowest BCUT2D eigenvalue weighted by molar-refractivity contribution is -0.150. The molecular formula is C11H21NO5. The Hall–Kier alpha value is -1.14. The van der Waals surface area contributed by atoms with Gasteiger partial charge in [-0.25, -0.2) is 0 Å². The Morgan fingerprint density at radius 2 is 2.00 bits per heavy atom. The normalized spacial score (nSPS) is 13.2. The zero-order valence-electron chi connectivity index (χ0n) is 10.6. The van der Waals surface area contributed by atoms with Gasteiger partial charge >= 0.3 is 11.9 Å². The van der Waals surface area contributed by atoms with E-state index in [0.29, 0.717) is 13.0 Å². The minimum absolute atomic E-state index is 0.166. The smallest absolute Gasteiger partial charge is 0.323 e. The van der Waals surface area contributed by atoms with Gasteiger partial charge in [-0.1, -0.05) is 0 Å². The molecule has 0 rings (SSSR count). The fourth-order valence-electron chi connectivity index (χ4n) is 1.24. The second kappa shape index (κ2) is 7.24. The predicted molar refractivity (Wildman–Crippen MR) is 61.5 cm³/mol. The van der Waals surface area contributed by atoms with Crippen LogP contribution >= 0.6 is 0 Å². The van der Waals surface area contributed by atoms with Gasteiger partial charge in [0.05, 0.1) is 18.6 Å². The first-order valence-electron chi connectivity index (χ1n) is 5.56. The Bertz CT molecular complexity index is 265. The van der Waals surface area contributed by atoms with E-state index in [9.17, 15) is 9.59 Å². The average Bonchev–Trinajstić information content (AvgIpc) is 2.15. The van der Waals surface area contributed by atoms with Gasteiger partial charge in [-0.05, 0) is 20.8 Å². The van der Waals surface area contributed by atoms with E-state index in [0.717, 1.165) is 0 Å². The topological polar surface area (TPSA) is 98.9 Å². The number of esters is 1. The number of carbonyl (C=O) groups is 2. The Morgan fingerprint density at radius 3 is 2.47 bits per heavy atom. The zero-order valence-corrected chi connectivity index (χ0v) is 10.6. The van der Waals surface area contributed by atoms with Crippen LogP contribution in [0.3, 0.4) is 0 Å². The van der Waals surface area contributed by atoms with Crippen molar-refractivity contribution < 1.29 is 24.2 Å². The number of rotatable bonds is 8. The van der Waals surface area contributed by atoms with E-state index in [1.54, 1.807) is 0 Å². The lowest BCUT2D eigenvalue weighted by Gasteiger charge is -2.24. The van der Waals surface area contributed by atoms with Gasteiger partial charge in [0.15, 0.2) is 0 Å². The molecule has 17 heavy (non-hydrogen) atoms. The van der Waals surface area contributed by atoms with Crippen molar-refractivity contribution in [2.24, 2.45) is 5.73 Å². The number of carbonyl (C=O) groups excluding carboxylic acids is 1. The first-order chi connectivity index (χ1) is 7.78. The molecule has 0 aromatic carbocycles. The fourth-order valence-corrected chi connectivity index (χ4v) is 1.24. The summed E-state index contributed by atoms with van der Waals surface area (Å²) >= 11 is 0. The van der Waals surface area contributed by atoms with Gasteiger partial charge in [0.1, 0.15) is 6.04 Å². The zero-order chi connectivity index (χ0) is 13.5. The van der Waals surface area contributed by atoms with E-state index in [1.807, 2.05) is 20.8 Å². The number of carboxylic acid groups (broad SMARTS) is 1. The Balaban J connectivity index is 3.88. The molecule has 6 heteroatoms. The highest BCUT2D eigenvalue weighted by molar-refractivity contribution is 5.81. The van der Waals surface area contributed by atoms with E-state index in [1.165, 1.54) is 0 Å². The van der Waals surface area contributed by atoms with Crippen molar-refractivity contribution >= 4 is 11.9 Å². The summed E-state index contributed by atoms with van der Waals surface area (Å²) in [5, 5.41) is 8.45. The van der Waals surface area contributed by atoms with Gasteiger partial charge in [-0.15, -0.1) is 0 Å². The third-order valence-corrected chi connectivity index (χ3v) is 2.18.